The topological polar surface area (TPSA) is 48.0 Å². The van der Waals surface area contributed by atoms with E-state index in [2.05, 4.69) is 64.1 Å². The highest BCUT2D eigenvalue weighted by Gasteiger charge is 2.24. The number of aliphatic hydroxyl groups is 1. The predicted octanol–water partition coefficient (Wildman–Crippen LogP) is 6.08. The number of aliphatic hydroxyl groups excluding tert-OH is 1. The van der Waals surface area contributed by atoms with Crippen molar-refractivity contribution in [3.8, 4) is 16.9 Å². The van der Waals surface area contributed by atoms with Crippen molar-refractivity contribution in [1.82, 2.24) is 9.31 Å². The lowest BCUT2D eigenvalue weighted by atomic mass is 10.0. The van der Waals surface area contributed by atoms with Crippen LogP contribution in [0.15, 0.2) is 71.6 Å². The van der Waals surface area contributed by atoms with Gasteiger partial charge in [0.15, 0.2) is 0 Å². The number of β-amino-alcohol motifs (C(OH)–C–C–N with tert-alkyl or cyclic N) is 1. The number of fused-ring (bicyclic) bond motifs is 1. The van der Waals surface area contributed by atoms with Gasteiger partial charge >= 0.3 is 0 Å². The first-order valence-corrected chi connectivity index (χ1v) is 13.0. The summed E-state index contributed by atoms with van der Waals surface area (Å²) >= 11 is 8.50. The maximum Gasteiger partial charge on any atom is 0.138 e. The fourth-order valence-electron chi connectivity index (χ4n) is 4.53. The van der Waals surface area contributed by atoms with E-state index in [1.165, 1.54) is 10.5 Å². The quantitative estimate of drug-likeness (QED) is 0.369. The zero-order valence-electron chi connectivity index (χ0n) is 19.3. The van der Waals surface area contributed by atoms with Gasteiger partial charge in [0.2, 0.25) is 0 Å². The molecule has 0 radical (unpaired) electrons. The standard InChI is InChI=1S/C27H30ClN3O2S/c1-19(30-14-12-23(32)18-30)13-15-33-25-10-5-9-24(27(25)28)20-7-4-8-22(16-20)29-31-17-21-6-2-3-11-26(21)34-31/h2-11,16,19,23,29,32H,12-15,17-18H2,1H3. The number of hydrogen-bond acceptors (Lipinski definition) is 6. The van der Waals surface area contributed by atoms with Gasteiger partial charge in [-0.25, -0.2) is 0 Å². The molecule has 1 fully saturated rings. The number of anilines is 1. The number of likely N-dealkylation sites (tertiary alicyclic amines) is 1. The normalized spacial score (nSPS) is 19.2. The van der Waals surface area contributed by atoms with Gasteiger partial charge in [0.1, 0.15) is 5.75 Å². The van der Waals surface area contributed by atoms with E-state index in [0.29, 0.717) is 23.4 Å². The lowest BCUT2D eigenvalue weighted by molar-refractivity contribution is 0.152. The van der Waals surface area contributed by atoms with E-state index in [1.807, 2.05) is 24.3 Å². The van der Waals surface area contributed by atoms with E-state index in [4.69, 9.17) is 16.3 Å². The van der Waals surface area contributed by atoms with Crippen LogP contribution in [0, 0.1) is 0 Å². The zero-order chi connectivity index (χ0) is 23.5. The van der Waals surface area contributed by atoms with Crippen LogP contribution in [0.4, 0.5) is 5.69 Å². The third-order valence-corrected chi connectivity index (χ3v) is 7.92. The maximum atomic E-state index is 9.77. The molecule has 2 unspecified atom stereocenters. The Morgan fingerprint density at radius 2 is 2.00 bits per heavy atom. The molecule has 0 saturated carbocycles. The zero-order valence-corrected chi connectivity index (χ0v) is 20.9. The van der Waals surface area contributed by atoms with E-state index in [1.54, 1.807) is 11.9 Å². The van der Waals surface area contributed by atoms with Crippen molar-refractivity contribution >= 4 is 29.2 Å². The molecule has 2 aliphatic heterocycles. The van der Waals surface area contributed by atoms with Gasteiger partial charge in [0.05, 0.1) is 30.0 Å². The smallest absolute Gasteiger partial charge is 0.138 e. The summed E-state index contributed by atoms with van der Waals surface area (Å²) in [4.78, 5) is 3.61. The van der Waals surface area contributed by atoms with Crippen LogP contribution in [-0.4, -0.2) is 46.3 Å². The predicted molar refractivity (Wildman–Crippen MR) is 140 cm³/mol. The van der Waals surface area contributed by atoms with Gasteiger partial charge in [-0.2, -0.15) is 4.41 Å². The van der Waals surface area contributed by atoms with Gasteiger partial charge in [-0.05, 0) is 67.1 Å². The minimum atomic E-state index is -0.195. The number of hydrogen-bond donors (Lipinski definition) is 2. The number of halogens is 1. The molecule has 1 saturated heterocycles. The van der Waals surface area contributed by atoms with Crippen LogP contribution in [0.3, 0.4) is 0 Å². The molecule has 34 heavy (non-hydrogen) atoms. The van der Waals surface area contributed by atoms with Crippen molar-refractivity contribution in [3.63, 3.8) is 0 Å². The molecule has 0 aliphatic carbocycles. The first kappa shape index (κ1) is 23.5. The fourth-order valence-corrected chi connectivity index (χ4v) is 5.80. The summed E-state index contributed by atoms with van der Waals surface area (Å²) in [6, 6.07) is 23.1. The molecule has 178 valence electrons. The monoisotopic (exact) mass is 495 g/mol. The average molecular weight is 496 g/mol. The van der Waals surface area contributed by atoms with Crippen molar-refractivity contribution in [1.29, 1.82) is 0 Å². The van der Waals surface area contributed by atoms with Crippen LogP contribution < -0.4 is 10.2 Å². The molecule has 2 aliphatic rings. The second kappa shape index (κ2) is 10.6. The summed E-state index contributed by atoms with van der Waals surface area (Å²) in [6.45, 7) is 5.33. The number of benzene rings is 3. The van der Waals surface area contributed by atoms with Gasteiger partial charge in [0.25, 0.3) is 0 Å². The van der Waals surface area contributed by atoms with E-state index in [-0.39, 0.29) is 6.10 Å². The SMILES string of the molecule is CC(CCOc1cccc(-c2cccc(NN3Cc4ccccc4S3)c2)c1Cl)N1CCC(O)C1. The second-order valence-corrected chi connectivity index (χ2v) is 10.4. The van der Waals surface area contributed by atoms with Crippen LogP contribution in [0.25, 0.3) is 11.1 Å². The molecule has 3 aromatic carbocycles. The Labute approximate surface area is 210 Å². The Morgan fingerprint density at radius 1 is 1.15 bits per heavy atom. The number of nitrogens with one attached hydrogen (secondary N) is 1. The number of rotatable bonds is 8. The van der Waals surface area contributed by atoms with Gasteiger partial charge < -0.3 is 15.3 Å². The number of hydrazine groups is 1. The molecule has 7 heteroatoms. The molecule has 5 nitrogen and oxygen atoms in total. The van der Waals surface area contributed by atoms with Gasteiger partial charge in [-0.15, -0.1) is 0 Å². The summed E-state index contributed by atoms with van der Waals surface area (Å²) in [5, 5.41) is 10.4. The minimum absolute atomic E-state index is 0.195. The highest BCUT2D eigenvalue weighted by atomic mass is 35.5. The maximum absolute atomic E-state index is 9.77. The molecule has 0 bridgehead atoms. The summed E-state index contributed by atoms with van der Waals surface area (Å²) in [6.07, 6.45) is 1.55. The molecule has 0 aromatic heterocycles. The van der Waals surface area contributed by atoms with Crippen molar-refractivity contribution in [2.75, 3.05) is 25.1 Å². The molecule has 0 spiro atoms. The Kier molecular flexibility index (Phi) is 7.32. The molecule has 2 heterocycles. The Hall–Kier alpha value is -2.22. The molecule has 0 amide bonds. The number of nitrogens with zero attached hydrogens (tertiary/aromatic N) is 2. The van der Waals surface area contributed by atoms with Crippen LogP contribution in [0.2, 0.25) is 5.02 Å². The second-order valence-electron chi connectivity index (χ2n) is 8.97. The van der Waals surface area contributed by atoms with E-state index in [0.717, 1.165) is 49.3 Å². The Morgan fingerprint density at radius 3 is 2.82 bits per heavy atom. The molecule has 3 aromatic rings. The van der Waals surface area contributed by atoms with E-state index < -0.39 is 0 Å². The van der Waals surface area contributed by atoms with Crippen LogP contribution in [0.5, 0.6) is 5.75 Å². The van der Waals surface area contributed by atoms with Gasteiger partial charge in [-0.3, -0.25) is 4.90 Å². The highest BCUT2D eigenvalue weighted by molar-refractivity contribution is 7.97. The third-order valence-electron chi connectivity index (χ3n) is 6.50. The first-order valence-electron chi connectivity index (χ1n) is 11.8. The average Bonchev–Trinajstić information content (AvgIpc) is 3.46. The van der Waals surface area contributed by atoms with Gasteiger partial charge in [-0.1, -0.05) is 54.1 Å². The van der Waals surface area contributed by atoms with Crippen LogP contribution >= 0.6 is 23.5 Å². The lowest BCUT2D eigenvalue weighted by Gasteiger charge is -2.24. The Balaban J connectivity index is 1.22. The van der Waals surface area contributed by atoms with Crippen molar-refractivity contribution in [3.05, 3.63) is 77.3 Å². The lowest BCUT2D eigenvalue weighted by Crippen LogP contribution is -2.32. The summed E-state index contributed by atoms with van der Waals surface area (Å²) < 4.78 is 8.23. The molecular formula is C27H30ClN3O2S. The van der Waals surface area contributed by atoms with Gasteiger partial charge in [0, 0.05) is 29.6 Å². The van der Waals surface area contributed by atoms with Crippen molar-refractivity contribution in [2.45, 2.75) is 43.4 Å². The van der Waals surface area contributed by atoms with Crippen molar-refractivity contribution < 1.29 is 9.84 Å². The largest absolute Gasteiger partial charge is 0.492 e. The summed E-state index contributed by atoms with van der Waals surface area (Å²) in [7, 11) is 0. The fraction of sp³-hybridized carbons (Fsp3) is 0.333. The Bertz CT molecular complexity index is 1120. The van der Waals surface area contributed by atoms with E-state index >= 15 is 0 Å². The van der Waals surface area contributed by atoms with Crippen LogP contribution in [0.1, 0.15) is 25.3 Å². The summed E-state index contributed by atoms with van der Waals surface area (Å²) in [5.41, 5.74) is 7.85. The first-order chi connectivity index (χ1) is 16.6. The molecular weight excluding hydrogens is 466 g/mol. The molecule has 5 rings (SSSR count). The highest BCUT2D eigenvalue weighted by Crippen LogP contribution is 2.38. The molecule has 2 N–H and O–H groups in total. The van der Waals surface area contributed by atoms with Crippen LogP contribution in [-0.2, 0) is 6.54 Å². The van der Waals surface area contributed by atoms with Crippen molar-refractivity contribution in [2.24, 2.45) is 0 Å². The molecule has 2 atom stereocenters. The van der Waals surface area contributed by atoms with E-state index in [9.17, 15) is 5.11 Å². The third kappa shape index (κ3) is 5.37. The summed E-state index contributed by atoms with van der Waals surface area (Å²) in [5.74, 6) is 0.705. The minimum Gasteiger partial charge on any atom is -0.492 e. The number of ether oxygens (including phenoxy) is 1.